The number of carbonyl (C=O) groups is 1. The minimum Gasteiger partial charge on any atom is -0.497 e. The van der Waals surface area contributed by atoms with E-state index < -0.39 is 15.9 Å². The quantitative estimate of drug-likeness (QED) is 0.666. The molecule has 1 atom stereocenters. The highest BCUT2D eigenvalue weighted by Gasteiger charge is 2.20. The summed E-state index contributed by atoms with van der Waals surface area (Å²) in [5.74, 6) is 0.899. The third-order valence-corrected chi connectivity index (χ3v) is 5.44. The van der Waals surface area contributed by atoms with Crippen LogP contribution in [0.1, 0.15) is 37.7 Å². The van der Waals surface area contributed by atoms with Crippen LogP contribution in [0.5, 0.6) is 11.5 Å². The molecule has 0 aliphatic heterocycles. The molecule has 146 valence electrons. The van der Waals surface area contributed by atoms with Gasteiger partial charge < -0.3 is 20.5 Å². The third-order valence-electron chi connectivity index (χ3n) is 4.46. The number of hydrogen-bond donors (Lipinski definition) is 2. The first-order chi connectivity index (χ1) is 12.3. The molecule has 0 bridgehead atoms. The van der Waals surface area contributed by atoms with Gasteiger partial charge in [0, 0.05) is 24.4 Å². The van der Waals surface area contributed by atoms with Gasteiger partial charge in [-0.2, -0.15) is 0 Å². The van der Waals surface area contributed by atoms with Crippen LogP contribution in [-0.2, 0) is 21.2 Å². The Morgan fingerprint density at radius 3 is 2.65 bits per heavy atom. The molecule has 1 saturated carbocycles. The van der Waals surface area contributed by atoms with E-state index in [1.807, 2.05) is 18.2 Å². The highest BCUT2D eigenvalue weighted by Crippen LogP contribution is 2.30. The van der Waals surface area contributed by atoms with Crippen molar-refractivity contribution in [3.63, 3.8) is 0 Å². The molecule has 7 nitrogen and oxygen atoms in total. The first kappa shape index (κ1) is 20.5. The van der Waals surface area contributed by atoms with E-state index in [1.165, 1.54) is 0 Å². The van der Waals surface area contributed by atoms with Crippen LogP contribution in [-0.4, -0.2) is 45.6 Å². The van der Waals surface area contributed by atoms with E-state index >= 15 is 0 Å². The van der Waals surface area contributed by atoms with Gasteiger partial charge in [-0.25, -0.2) is 8.42 Å². The van der Waals surface area contributed by atoms with Gasteiger partial charge in [-0.15, -0.1) is 0 Å². The number of amides is 1. The number of rotatable bonds is 9. The number of ether oxygens (including phenoxy) is 2. The summed E-state index contributed by atoms with van der Waals surface area (Å²) in [6, 6.07) is 4.63. The summed E-state index contributed by atoms with van der Waals surface area (Å²) in [7, 11) is -1.55. The average Bonchev–Trinajstić information content (AvgIpc) is 3.10. The van der Waals surface area contributed by atoms with Gasteiger partial charge in [0.1, 0.15) is 21.3 Å². The zero-order valence-corrected chi connectivity index (χ0v) is 16.2. The van der Waals surface area contributed by atoms with E-state index in [0.29, 0.717) is 11.5 Å². The molecular formula is C18H28N2O5S. The number of methoxy groups -OCH3 is 1. The number of sulfone groups is 1. The third kappa shape index (κ3) is 6.49. The van der Waals surface area contributed by atoms with Crippen molar-refractivity contribution in [2.75, 3.05) is 19.1 Å². The van der Waals surface area contributed by atoms with E-state index in [1.54, 1.807) is 7.11 Å². The van der Waals surface area contributed by atoms with E-state index in [4.69, 9.17) is 15.2 Å². The van der Waals surface area contributed by atoms with Crippen LogP contribution in [0.3, 0.4) is 0 Å². The molecule has 1 fully saturated rings. The molecular weight excluding hydrogens is 356 g/mol. The fraction of sp³-hybridized carbons (Fsp3) is 0.611. The van der Waals surface area contributed by atoms with Gasteiger partial charge in [-0.1, -0.05) is 0 Å². The molecule has 1 amide bonds. The van der Waals surface area contributed by atoms with E-state index in [2.05, 4.69) is 5.32 Å². The van der Waals surface area contributed by atoms with Gasteiger partial charge in [-0.3, -0.25) is 4.79 Å². The fourth-order valence-electron chi connectivity index (χ4n) is 2.89. The molecule has 0 heterocycles. The maximum absolute atomic E-state index is 12.1. The maximum Gasteiger partial charge on any atom is 0.237 e. The lowest BCUT2D eigenvalue weighted by atomic mass is 10.1. The van der Waals surface area contributed by atoms with Crippen LogP contribution in [0.4, 0.5) is 0 Å². The van der Waals surface area contributed by atoms with Crippen molar-refractivity contribution in [2.24, 2.45) is 5.73 Å². The molecule has 1 aliphatic carbocycles. The minimum absolute atomic E-state index is 0.0959. The zero-order chi connectivity index (χ0) is 19.2. The van der Waals surface area contributed by atoms with Crippen molar-refractivity contribution in [1.29, 1.82) is 0 Å². The minimum atomic E-state index is -3.14. The Labute approximate surface area is 155 Å². The van der Waals surface area contributed by atoms with Crippen LogP contribution >= 0.6 is 0 Å². The Balaban J connectivity index is 1.97. The SMILES string of the molecule is COc1ccc(CNC(=O)C(N)CCS(C)(=O)=O)c(OC2CCCC2)c1. The Morgan fingerprint density at radius 2 is 2.04 bits per heavy atom. The molecule has 0 spiro atoms. The van der Waals surface area contributed by atoms with Gasteiger partial charge in [-0.05, 0) is 44.2 Å². The summed E-state index contributed by atoms with van der Waals surface area (Å²) in [4.78, 5) is 12.1. The monoisotopic (exact) mass is 384 g/mol. The molecule has 0 radical (unpaired) electrons. The molecule has 1 aromatic rings. The zero-order valence-electron chi connectivity index (χ0n) is 15.4. The van der Waals surface area contributed by atoms with Gasteiger partial charge in [0.2, 0.25) is 5.91 Å². The van der Waals surface area contributed by atoms with Crippen molar-refractivity contribution in [2.45, 2.75) is 50.8 Å². The molecule has 3 N–H and O–H groups in total. The number of hydrogen-bond acceptors (Lipinski definition) is 6. The van der Waals surface area contributed by atoms with E-state index in [-0.39, 0.29) is 30.7 Å². The first-order valence-corrected chi connectivity index (χ1v) is 10.9. The van der Waals surface area contributed by atoms with Crippen molar-refractivity contribution in [1.82, 2.24) is 5.32 Å². The Hall–Kier alpha value is -1.80. The van der Waals surface area contributed by atoms with Crippen LogP contribution in [0.25, 0.3) is 0 Å². The molecule has 1 aromatic carbocycles. The molecule has 0 saturated heterocycles. The second-order valence-corrected chi connectivity index (χ2v) is 9.00. The topological polar surface area (TPSA) is 108 Å². The molecule has 2 rings (SSSR count). The smallest absolute Gasteiger partial charge is 0.237 e. The largest absolute Gasteiger partial charge is 0.497 e. The van der Waals surface area contributed by atoms with Gasteiger partial charge in [0.05, 0.1) is 25.0 Å². The summed E-state index contributed by atoms with van der Waals surface area (Å²) in [5, 5.41) is 2.76. The summed E-state index contributed by atoms with van der Waals surface area (Å²) in [6.45, 7) is 0.261. The highest BCUT2D eigenvalue weighted by atomic mass is 32.2. The standard InChI is InChI=1S/C18H28N2O5S/c1-24-15-8-7-13(17(11-15)25-14-5-3-4-6-14)12-20-18(21)16(19)9-10-26(2,22)23/h7-8,11,14,16H,3-6,9-10,12,19H2,1-2H3,(H,20,21). The van der Waals surface area contributed by atoms with Crippen molar-refractivity contribution in [3.8, 4) is 11.5 Å². The lowest BCUT2D eigenvalue weighted by molar-refractivity contribution is -0.122. The van der Waals surface area contributed by atoms with Crippen LogP contribution in [0.2, 0.25) is 0 Å². The van der Waals surface area contributed by atoms with Gasteiger partial charge in [0.15, 0.2) is 0 Å². The molecule has 1 aliphatic rings. The molecule has 1 unspecified atom stereocenters. The molecule has 8 heteroatoms. The van der Waals surface area contributed by atoms with Gasteiger partial charge in [0.25, 0.3) is 0 Å². The highest BCUT2D eigenvalue weighted by molar-refractivity contribution is 7.90. The van der Waals surface area contributed by atoms with Crippen molar-refractivity contribution in [3.05, 3.63) is 23.8 Å². The second kappa shape index (κ2) is 9.23. The van der Waals surface area contributed by atoms with E-state index in [9.17, 15) is 13.2 Å². The second-order valence-electron chi connectivity index (χ2n) is 6.74. The molecule has 26 heavy (non-hydrogen) atoms. The van der Waals surface area contributed by atoms with E-state index in [0.717, 1.165) is 37.5 Å². The predicted octanol–water partition coefficient (Wildman–Crippen LogP) is 1.39. The van der Waals surface area contributed by atoms with Crippen molar-refractivity contribution < 1.29 is 22.7 Å². The predicted molar refractivity (Wildman–Crippen MR) is 100 cm³/mol. The summed E-state index contributed by atoms with van der Waals surface area (Å²) in [5.41, 5.74) is 6.61. The maximum atomic E-state index is 12.1. The average molecular weight is 384 g/mol. The summed E-state index contributed by atoms with van der Waals surface area (Å²) < 4.78 is 33.7. The number of benzene rings is 1. The van der Waals surface area contributed by atoms with Crippen LogP contribution in [0, 0.1) is 0 Å². The Bertz CT molecular complexity index is 714. The number of carbonyl (C=O) groups excluding carboxylic acids is 1. The Kier molecular flexibility index (Phi) is 7.28. The first-order valence-electron chi connectivity index (χ1n) is 8.83. The normalized spacial score (nSPS) is 16.3. The van der Waals surface area contributed by atoms with Gasteiger partial charge >= 0.3 is 0 Å². The Morgan fingerprint density at radius 1 is 1.35 bits per heavy atom. The van der Waals surface area contributed by atoms with Crippen LogP contribution < -0.4 is 20.5 Å². The lowest BCUT2D eigenvalue weighted by Crippen LogP contribution is -2.41. The molecule has 0 aromatic heterocycles. The number of nitrogens with one attached hydrogen (secondary N) is 1. The summed E-state index contributed by atoms with van der Waals surface area (Å²) >= 11 is 0. The van der Waals surface area contributed by atoms with Crippen LogP contribution in [0.15, 0.2) is 18.2 Å². The summed E-state index contributed by atoms with van der Waals surface area (Å²) in [6.07, 6.45) is 5.79. The number of nitrogens with two attached hydrogens (primary N) is 1. The van der Waals surface area contributed by atoms with Crippen molar-refractivity contribution >= 4 is 15.7 Å². The fourth-order valence-corrected chi connectivity index (χ4v) is 3.57. The lowest BCUT2D eigenvalue weighted by Gasteiger charge is -2.18.